The summed E-state index contributed by atoms with van der Waals surface area (Å²) in [4.78, 5) is 21.8. The average molecular weight is 589 g/mol. The molecule has 0 radical (unpaired) electrons. The van der Waals surface area contributed by atoms with Gasteiger partial charge in [0.1, 0.15) is 11.2 Å². The molecule has 2 aliphatic heterocycles. The van der Waals surface area contributed by atoms with Crippen LogP contribution in [0.4, 0.5) is 35.9 Å². The van der Waals surface area contributed by atoms with Crippen molar-refractivity contribution in [3.63, 3.8) is 0 Å². The Kier molecular flexibility index (Phi) is 6.20. The summed E-state index contributed by atoms with van der Waals surface area (Å²) in [6, 6.07) is 10.0. The standard InChI is InChI=1S/C28H28BrF3N4O2/c29-19-2-3-20(21(16-19)34-11-7-27(5-6-27)8-12-34)36(17-37)22-15-18-1-4-23(38)33-25(18)26(24(22)30)35-13-9-28(31,32)10-14-35/h1-4,15-17H,5-14H2,(H,33,38). The molecule has 10 heteroatoms. The zero-order chi connectivity index (χ0) is 26.7. The number of alkyl halides is 2. The van der Waals surface area contributed by atoms with Gasteiger partial charge in [-0.15, -0.1) is 0 Å². The van der Waals surface area contributed by atoms with Gasteiger partial charge in [0.25, 0.3) is 5.92 Å². The van der Waals surface area contributed by atoms with Crippen LogP contribution in [0.1, 0.15) is 38.5 Å². The highest BCUT2D eigenvalue weighted by Gasteiger charge is 2.45. The summed E-state index contributed by atoms with van der Waals surface area (Å²) in [6.07, 6.45) is 4.47. The van der Waals surface area contributed by atoms with Crippen molar-refractivity contribution in [2.24, 2.45) is 5.41 Å². The molecule has 1 aliphatic carbocycles. The maximum absolute atomic E-state index is 16.4. The first-order chi connectivity index (χ1) is 18.2. The van der Waals surface area contributed by atoms with Gasteiger partial charge in [0.2, 0.25) is 12.3 Å². The van der Waals surface area contributed by atoms with Crippen LogP contribution in [0.5, 0.6) is 5.88 Å². The van der Waals surface area contributed by atoms with E-state index in [1.54, 1.807) is 12.1 Å². The van der Waals surface area contributed by atoms with Crippen LogP contribution in [0.3, 0.4) is 0 Å². The molecule has 2 aromatic carbocycles. The van der Waals surface area contributed by atoms with Gasteiger partial charge in [-0.2, -0.15) is 0 Å². The lowest BCUT2D eigenvalue weighted by Gasteiger charge is -2.37. The molecule has 200 valence electrons. The largest absolute Gasteiger partial charge is 0.493 e. The maximum atomic E-state index is 16.4. The fourth-order valence-electron chi connectivity index (χ4n) is 5.82. The van der Waals surface area contributed by atoms with Crippen molar-refractivity contribution in [1.82, 2.24) is 4.98 Å². The molecule has 1 N–H and O–H groups in total. The molecule has 0 bridgehead atoms. The fourth-order valence-corrected chi connectivity index (χ4v) is 6.17. The number of rotatable bonds is 5. The molecule has 1 amide bonds. The van der Waals surface area contributed by atoms with Crippen molar-refractivity contribution >= 4 is 56.0 Å². The number of hydrogen-bond donors (Lipinski definition) is 1. The number of piperidine rings is 2. The lowest BCUT2D eigenvalue weighted by Crippen LogP contribution is -2.40. The molecule has 3 heterocycles. The van der Waals surface area contributed by atoms with Crippen LogP contribution in [-0.4, -0.2) is 48.6 Å². The monoisotopic (exact) mass is 588 g/mol. The molecule has 2 saturated heterocycles. The van der Waals surface area contributed by atoms with E-state index >= 15 is 4.39 Å². The van der Waals surface area contributed by atoms with E-state index < -0.39 is 24.6 Å². The second-order valence-corrected chi connectivity index (χ2v) is 11.7. The molecule has 1 saturated carbocycles. The zero-order valence-corrected chi connectivity index (χ0v) is 22.4. The van der Waals surface area contributed by atoms with Crippen LogP contribution in [-0.2, 0) is 4.79 Å². The molecule has 6 rings (SSSR count). The molecular formula is C28H28BrF3N4O2. The summed E-state index contributed by atoms with van der Waals surface area (Å²) >= 11 is 3.54. The zero-order valence-electron chi connectivity index (χ0n) is 20.8. The number of aromatic nitrogens is 1. The summed E-state index contributed by atoms with van der Waals surface area (Å²) < 4.78 is 45.1. The van der Waals surface area contributed by atoms with Crippen molar-refractivity contribution < 1.29 is 23.1 Å². The highest BCUT2D eigenvalue weighted by atomic mass is 79.9. The smallest absolute Gasteiger partial charge is 0.251 e. The van der Waals surface area contributed by atoms with E-state index in [-0.39, 0.29) is 35.9 Å². The predicted molar refractivity (Wildman–Crippen MR) is 145 cm³/mol. The van der Waals surface area contributed by atoms with Gasteiger partial charge >= 0.3 is 0 Å². The molecule has 0 atom stereocenters. The van der Waals surface area contributed by atoms with Crippen molar-refractivity contribution in [2.45, 2.75) is 44.4 Å². The third-order valence-electron chi connectivity index (χ3n) is 8.36. The number of amides is 1. The second kappa shape index (κ2) is 9.32. The summed E-state index contributed by atoms with van der Waals surface area (Å²) in [5, 5.41) is 10.5. The second-order valence-electron chi connectivity index (χ2n) is 10.7. The SMILES string of the molecule is O=CN(c1ccc(Br)cc1N1CCC2(CC1)CC2)c1cc2ccc(O)nc2c(N2CCC(F)(F)CC2)c1F. The predicted octanol–water partition coefficient (Wildman–Crippen LogP) is 6.75. The number of fused-ring (bicyclic) bond motifs is 1. The Bertz CT molecular complexity index is 1390. The average Bonchev–Trinajstić information content (AvgIpc) is 3.65. The van der Waals surface area contributed by atoms with Gasteiger partial charge in [-0.25, -0.2) is 18.2 Å². The number of hydrogen-bond acceptors (Lipinski definition) is 5. The van der Waals surface area contributed by atoms with Gasteiger partial charge in [-0.05, 0) is 61.4 Å². The molecule has 3 fully saturated rings. The van der Waals surface area contributed by atoms with E-state index in [0.29, 0.717) is 22.9 Å². The quantitative estimate of drug-likeness (QED) is 0.334. The van der Waals surface area contributed by atoms with Gasteiger partial charge in [0.15, 0.2) is 5.82 Å². The Morgan fingerprint density at radius 2 is 1.61 bits per heavy atom. The number of halogens is 4. The lowest BCUT2D eigenvalue weighted by molar-refractivity contribution is -0.106. The van der Waals surface area contributed by atoms with Crippen molar-refractivity contribution in [3.8, 4) is 5.88 Å². The summed E-state index contributed by atoms with van der Waals surface area (Å²) in [5.41, 5.74) is 2.02. The van der Waals surface area contributed by atoms with E-state index in [2.05, 4.69) is 25.8 Å². The van der Waals surface area contributed by atoms with Crippen LogP contribution in [0.25, 0.3) is 10.9 Å². The summed E-state index contributed by atoms with van der Waals surface area (Å²) in [5.74, 6) is -3.85. The Balaban J connectivity index is 1.46. The van der Waals surface area contributed by atoms with Crippen LogP contribution < -0.4 is 14.7 Å². The Morgan fingerprint density at radius 1 is 0.921 bits per heavy atom. The maximum Gasteiger partial charge on any atom is 0.251 e. The molecule has 1 spiro atoms. The van der Waals surface area contributed by atoms with Crippen LogP contribution in [0.15, 0.2) is 40.9 Å². The number of benzene rings is 2. The minimum absolute atomic E-state index is 0.00608. The van der Waals surface area contributed by atoms with Crippen LogP contribution in [0, 0.1) is 11.2 Å². The third-order valence-corrected chi connectivity index (χ3v) is 8.85. The number of aromatic hydroxyl groups is 1. The van der Waals surface area contributed by atoms with Crippen LogP contribution in [0.2, 0.25) is 0 Å². The highest BCUT2D eigenvalue weighted by molar-refractivity contribution is 9.10. The molecule has 0 unspecified atom stereocenters. The number of carbonyl (C=O) groups is 1. The normalized spacial score (nSPS) is 20.1. The third kappa shape index (κ3) is 4.57. The summed E-state index contributed by atoms with van der Waals surface area (Å²) in [7, 11) is 0. The first-order valence-electron chi connectivity index (χ1n) is 12.9. The fraction of sp³-hybridized carbons (Fsp3) is 0.429. The van der Waals surface area contributed by atoms with E-state index in [0.717, 1.165) is 36.1 Å². The van der Waals surface area contributed by atoms with Crippen molar-refractivity contribution in [3.05, 3.63) is 46.7 Å². The van der Waals surface area contributed by atoms with E-state index in [1.807, 2.05) is 12.1 Å². The molecule has 3 aliphatic rings. The van der Waals surface area contributed by atoms with Crippen LogP contribution >= 0.6 is 15.9 Å². The first-order valence-corrected chi connectivity index (χ1v) is 13.7. The minimum Gasteiger partial charge on any atom is -0.493 e. The highest BCUT2D eigenvalue weighted by Crippen LogP contribution is 2.54. The van der Waals surface area contributed by atoms with E-state index in [4.69, 9.17) is 0 Å². The number of carbonyl (C=O) groups excluding carboxylic acids is 1. The van der Waals surface area contributed by atoms with Gasteiger partial charge in [0, 0.05) is 54.9 Å². The van der Waals surface area contributed by atoms with Gasteiger partial charge in [-0.3, -0.25) is 9.69 Å². The number of pyridine rings is 1. The molecule has 38 heavy (non-hydrogen) atoms. The Morgan fingerprint density at radius 3 is 2.26 bits per heavy atom. The molecule has 6 nitrogen and oxygen atoms in total. The topological polar surface area (TPSA) is 59.9 Å². The van der Waals surface area contributed by atoms with Crippen molar-refractivity contribution in [2.75, 3.05) is 40.9 Å². The number of nitrogens with zero attached hydrogens (tertiary/aromatic N) is 4. The van der Waals surface area contributed by atoms with E-state index in [1.165, 1.54) is 34.8 Å². The molecule has 3 aromatic rings. The minimum atomic E-state index is -2.81. The van der Waals surface area contributed by atoms with E-state index in [9.17, 15) is 18.7 Å². The van der Waals surface area contributed by atoms with Crippen molar-refractivity contribution in [1.29, 1.82) is 0 Å². The van der Waals surface area contributed by atoms with Gasteiger partial charge in [-0.1, -0.05) is 15.9 Å². The first kappa shape index (κ1) is 25.3. The lowest BCUT2D eigenvalue weighted by atomic mass is 9.93. The Labute approximate surface area is 227 Å². The Hall–Kier alpha value is -3.01. The molecular weight excluding hydrogens is 561 g/mol. The number of anilines is 4. The molecule has 1 aromatic heterocycles. The van der Waals surface area contributed by atoms with Gasteiger partial charge < -0.3 is 14.9 Å². The summed E-state index contributed by atoms with van der Waals surface area (Å²) in [6.45, 7) is 1.57. The van der Waals surface area contributed by atoms with Gasteiger partial charge in [0.05, 0.1) is 17.1 Å².